The van der Waals surface area contributed by atoms with E-state index >= 15 is 0 Å². The molecule has 5 fully saturated rings. The summed E-state index contributed by atoms with van der Waals surface area (Å²) in [6.45, 7) is 10.9. The summed E-state index contributed by atoms with van der Waals surface area (Å²) in [6.07, 6.45) is 9.73. The quantitative estimate of drug-likeness (QED) is 0.513. The average Bonchev–Trinajstić information content (AvgIpc) is 3.60. The molecule has 4 saturated heterocycles. The van der Waals surface area contributed by atoms with E-state index in [2.05, 4.69) is 25.1 Å². The molecule has 1 aromatic heterocycles. The summed E-state index contributed by atoms with van der Waals surface area (Å²) in [6, 6.07) is 4.37. The van der Waals surface area contributed by atoms with Gasteiger partial charge in [0.15, 0.2) is 11.6 Å². The number of carbonyl (C=O) groups is 2. The first kappa shape index (κ1) is 28.8. The molecule has 42 heavy (non-hydrogen) atoms. The minimum Gasteiger partial charge on any atom is -0.451 e. The Balaban J connectivity index is 1.18. The topological polar surface area (TPSA) is 90.9 Å². The lowest BCUT2D eigenvalue weighted by Crippen LogP contribution is -2.59. The number of hydrogen-bond acceptors (Lipinski definition) is 7. The highest BCUT2D eigenvalue weighted by molar-refractivity contribution is 5.97. The monoisotopic (exact) mass is 578 g/mol. The number of ether oxygens (including phenoxy) is 1. The lowest BCUT2D eigenvalue weighted by atomic mass is 9.76. The first-order valence-electron chi connectivity index (χ1n) is 15.5. The Morgan fingerprint density at radius 1 is 1.05 bits per heavy atom. The molecule has 5 aliphatic rings. The van der Waals surface area contributed by atoms with Crippen LogP contribution in [-0.2, 0) is 4.79 Å². The third kappa shape index (κ3) is 5.45. The average molecular weight is 579 g/mol. The SMILES string of the molecule is CC(C)N(C(=O)c1cc(F)ccc1Oc1cncnc1N1CCC2(CCN(C(=O)C3NC4CCC3CC4)C2)C1)C(C)C. The Morgan fingerprint density at radius 3 is 2.48 bits per heavy atom. The molecule has 2 unspecified atom stereocenters. The fourth-order valence-corrected chi connectivity index (χ4v) is 7.75. The molecule has 226 valence electrons. The largest absolute Gasteiger partial charge is 0.451 e. The highest BCUT2D eigenvalue weighted by Crippen LogP contribution is 2.44. The van der Waals surface area contributed by atoms with E-state index in [-0.39, 0.29) is 46.7 Å². The van der Waals surface area contributed by atoms with Crippen molar-refractivity contribution < 1.29 is 18.7 Å². The highest BCUT2D eigenvalue weighted by Gasteiger charge is 2.48. The van der Waals surface area contributed by atoms with Crippen LogP contribution in [-0.4, -0.2) is 81.9 Å². The van der Waals surface area contributed by atoms with Gasteiger partial charge in [-0.05, 0) is 90.3 Å². The van der Waals surface area contributed by atoms with Crippen LogP contribution in [0.5, 0.6) is 11.5 Å². The molecule has 4 aliphatic heterocycles. The van der Waals surface area contributed by atoms with E-state index in [0.29, 0.717) is 23.5 Å². The van der Waals surface area contributed by atoms with Gasteiger partial charge in [-0.3, -0.25) is 9.59 Å². The van der Waals surface area contributed by atoms with E-state index in [1.54, 1.807) is 11.1 Å². The summed E-state index contributed by atoms with van der Waals surface area (Å²) in [5.41, 5.74) is 0.178. The standard InChI is InChI=1S/C32H43FN6O3/c1-20(2)39(21(3)4)30(40)25-15-23(33)7-10-26(25)42-27-16-34-19-35-29(27)37-13-11-32(17-37)12-14-38(18-32)31(41)28-22-5-8-24(36-28)9-6-22/h7,10,15-16,19-22,24,28,36H,5-6,8-9,11-14,17-18H2,1-4H3. The molecule has 7 rings (SSSR count). The minimum absolute atomic E-state index is 0.0115. The van der Waals surface area contributed by atoms with Crippen molar-refractivity contribution >= 4 is 17.6 Å². The van der Waals surface area contributed by atoms with E-state index < -0.39 is 5.82 Å². The van der Waals surface area contributed by atoms with E-state index in [4.69, 9.17) is 4.74 Å². The van der Waals surface area contributed by atoms with Gasteiger partial charge in [0.1, 0.15) is 17.9 Å². The minimum atomic E-state index is -0.499. The van der Waals surface area contributed by atoms with Crippen LogP contribution >= 0.6 is 0 Å². The maximum absolute atomic E-state index is 14.4. The number of amides is 2. The molecule has 1 spiro atoms. The maximum atomic E-state index is 14.4. The number of anilines is 1. The zero-order chi connectivity index (χ0) is 29.6. The van der Waals surface area contributed by atoms with Crippen molar-refractivity contribution in [2.45, 2.75) is 90.4 Å². The van der Waals surface area contributed by atoms with E-state index in [1.165, 1.54) is 37.4 Å². The van der Waals surface area contributed by atoms with Crippen LogP contribution in [0.2, 0.25) is 0 Å². The number of rotatable bonds is 7. The molecule has 1 aromatic carbocycles. The number of halogens is 1. The van der Waals surface area contributed by atoms with Crippen molar-refractivity contribution in [3.63, 3.8) is 0 Å². The maximum Gasteiger partial charge on any atom is 0.258 e. The Labute approximate surface area is 247 Å². The number of likely N-dealkylation sites (tertiary alicyclic amines) is 1. The fourth-order valence-electron chi connectivity index (χ4n) is 7.75. The van der Waals surface area contributed by atoms with Crippen molar-refractivity contribution in [2.24, 2.45) is 11.3 Å². The van der Waals surface area contributed by atoms with Gasteiger partial charge in [-0.25, -0.2) is 14.4 Å². The van der Waals surface area contributed by atoms with Crippen molar-refractivity contribution in [3.05, 3.63) is 42.1 Å². The van der Waals surface area contributed by atoms with Crippen LogP contribution in [0.25, 0.3) is 0 Å². The lowest BCUT2D eigenvalue weighted by molar-refractivity contribution is -0.136. The number of nitrogens with zero attached hydrogens (tertiary/aromatic N) is 5. The predicted molar refractivity (Wildman–Crippen MR) is 158 cm³/mol. The van der Waals surface area contributed by atoms with Crippen molar-refractivity contribution in [1.29, 1.82) is 0 Å². The van der Waals surface area contributed by atoms with Gasteiger partial charge >= 0.3 is 0 Å². The van der Waals surface area contributed by atoms with Gasteiger partial charge in [0.25, 0.3) is 5.91 Å². The van der Waals surface area contributed by atoms with Crippen LogP contribution in [0.1, 0.15) is 76.6 Å². The third-order valence-electron chi connectivity index (χ3n) is 9.81. The molecule has 2 bridgehead atoms. The Hall–Kier alpha value is -3.27. The molecule has 9 nitrogen and oxygen atoms in total. The lowest BCUT2D eigenvalue weighted by Gasteiger charge is -2.44. The van der Waals surface area contributed by atoms with Crippen LogP contribution in [0.3, 0.4) is 0 Å². The molecular formula is C32H43FN6O3. The summed E-state index contributed by atoms with van der Waals surface area (Å²) in [5.74, 6) is 1.29. The van der Waals surface area contributed by atoms with Crippen LogP contribution in [0, 0.1) is 17.2 Å². The van der Waals surface area contributed by atoms with Gasteiger partial charge in [0, 0.05) is 49.7 Å². The van der Waals surface area contributed by atoms with Crippen molar-refractivity contribution in [2.75, 3.05) is 31.1 Å². The number of carbonyl (C=O) groups excluding carboxylic acids is 2. The molecule has 5 heterocycles. The zero-order valence-electron chi connectivity index (χ0n) is 25.2. The van der Waals surface area contributed by atoms with Gasteiger partial charge in [-0.2, -0.15) is 0 Å². The molecule has 10 heteroatoms. The summed E-state index contributed by atoms with van der Waals surface area (Å²) < 4.78 is 20.7. The number of hydrogen-bond donors (Lipinski definition) is 1. The highest BCUT2D eigenvalue weighted by atomic mass is 19.1. The molecule has 2 aromatic rings. The number of fused-ring (bicyclic) bond motifs is 3. The second-order valence-corrected chi connectivity index (χ2v) is 13.3. The Kier molecular flexibility index (Phi) is 7.85. The fraction of sp³-hybridized carbons (Fsp3) is 0.625. The Bertz CT molecular complexity index is 1320. The van der Waals surface area contributed by atoms with E-state index in [0.717, 1.165) is 51.9 Å². The molecular weight excluding hydrogens is 535 g/mol. The number of piperidine rings is 2. The van der Waals surface area contributed by atoms with Crippen LogP contribution in [0.15, 0.2) is 30.7 Å². The van der Waals surface area contributed by atoms with Crippen LogP contribution in [0.4, 0.5) is 10.2 Å². The molecule has 2 amide bonds. The van der Waals surface area contributed by atoms with Crippen molar-refractivity contribution in [1.82, 2.24) is 25.1 Å². The second-order valence-electron chi connectivity index (χ2n) is 13.3. The summed E-state index contributed by atoms with van der Waals surface area (Å²) in [5, 5.41) is 3.62. The Morgan fingerprint density at radius 2 is 1.79 bits per heavy atom. The van der Waals surface area contributed by atoms with Gasteiger partial charge in [0.2, 0.25) is 5.91 Å². The van der Waals surface area contributed by atoms with E-state index in [9.17, 15) is 14.0 Å². The second kappa shape index (κ2) is 11.4. The first-order valence-corrected chi connectivity index (χ1v) is 15.5. The molecule has 2 atom stereocenters. The van der Waals surface area contributed by atoms with Gasteiger partial charge in [-0.1, -0.05) is 0 Å². The zero-order valence-corrected chi connectivity index (χ0v) is 25.2. The first-order chi connectivity index (χ1) is 20.1. The molecule has 1 saturated carbocycles. The smallest absolute Gasteiger partial charge is 0.258 e. The third-order valence-corrected chi connectivity index (χ3v) is 9.81. The molecule has 0 radical (unpaired) electrons. The summed E-state index contributed by atoms with van der Waals surface area (Å²) in [4.78, 5) is 41.9. The van der Waals surface area contributed by atoms with Gasteiger partial charge in [0.05, 0.1) is 17.8 Å². The number of aromatic nitrogens is 2. The number of benzene rings is 1. The molecule has 1 N–H and O–H groups in total. The summed E-state index contributed by atoms with van der Waals surface area (Å²) in [7, 11) is 0. The van der Waals surface area contributed by atoms with E-state index in [1.807, 2.05) is 27.7 Å². The number of nitrogens with one attached hydrogen (secondary N) is 1. The normalized spacial score (nSPS) is 27.0. The van der Waals surface area contributed by atoms with Crippen LogP contribution < -0.4 is 15.0 Å². The molecule has 1 aliphatic carbocycles. The van der Waals surface area contributed by atoms with Gasteiger partial charge in [-0.15, -0.1) is 0 Å². The van der Waals surface area contributed by atoms with Gasteiger partial charge < -0.3 is 24.8 Å². The predicted octanol–water partition coefficient (Wildman–Crippen LogP) is 4.63. The summed E-state index contributed by atoms with van der Waals surface area (Å²) >= 11 is 0. The van der Waals surface area contributed by atoms with Crippen molar-refractivity contribution in [3.8, 4) is 11.5 Å².